The zero-order valence-corrected chi connectivity index (χ0v) is 15.8. The number of alkyl halides is 3. The van der Waals surface area contributed by atoms with Crippen LogP contribution in [0.1, 0.15) is 32.4 Å². The molecule has 1 N–H and O–H groups in total. The average Bonchev–Trinajstić information content (AvgIpc) is 2.42. The molecule has 2 aromatic carbocycles. The molecule has 23 heavy (non-hydrogen) atoms. The summed E-state index contributed by atoms with van der Waals surface area (Å²) in [6.45, 7) is 4.91. The molecular weight excluding hydrogens is 438 g/mol. The van der Waals surface area contributed by atoms with Crippen LogP contribution in [0.25, 0.3) is 10.8 Å². The largest absolute Gasteiger partial charge is 0.408 e. The Labute approximate surface area is 149 Å². The van der Waals surface area contributed by atoms with Crippen molar-refractivity contribution in [3.63, 3.8) is 0 Å². The van der Waals surface area contributed by atoms with E-state index in [0.717, 1.165) is 8.96 Å². The zero-order chi connectivity index (χ0) is 17.4. The molecule has 0 amide bonds. The zero-order valence-electron chi connectivity index (χ0n) is 12.9. The highest BCUT2D eigenvalue weighted by Crippen LogP contribution is 2.38. The van der Waals surface area contributed by atoms with E-state index in [9.17, 15) is 17.4 Å². The monoisotopic (exact) mass is 455 g/mol. The summed E-state index contributed by atoms with van der Waals surface area (Å²) in [5.41, 5.74) is 0.0950. The van der Waals surface area contributed by atoms with E-state index in [4.69, 9.17) is 0 Å². The fraction of sp³-hybridized carbons (Fsp3) is 0.375. The second-order valence-corrected chi connectivity index (χ2v) is 9.32. The molecule has 0 heterocycles. The van der Waals surface area contributed by atoms with Gasteiger partial charge in [-0.05, 0) is 60.4 Å². The van der Waals surface area contributed by atoms with Crippen LogP contribution in [-0.2, 0) is 11.0 Å². The van der Waals surface area contributed by atoms with Gasteiger partial charge < -0.3 is 0 Å². The predicted molar refractivity (Wildman–Crippen MR) is 96.5 cm³/mol. The third-order valence-corrected chi connectivity index (χ3v) is 5.77. The summed E-state index contributed by atoms with van der Waals surface area (Å²) < 4.78 is 55.3. The van der Waals surface area contributed by atoms with E-state index in [1.807, 2.05) is 22.6 Å². The standard InChI is InChI=1S/C16H17F3INOS/c1-15(2,3)23(22)21-14(16(17,18)19)11-8-4-6-10-7-5-9-12(20)13(10)11/h4-9,14,21H,1-3H3/t14-,23?/m0/s1. The van der Waals surface area contributed by atoms with Gasteiger partial charge in [0.25, 0.3) is 0 Å². The molecule has 2 atom stereocenters. The molecule has 2 rings (SSSR count). The third kappa shape index (κ3) is 4.24. The lowest BCUT2D eigenvalue weighted by Gasteiger charge is -2.27. The molecule has 2 aromatic rings. The van der Waals surface area contributed by atoms with Gasteiger partial charge in [0.15, 0.2) is 0 Å². The van der Waals surface area contributed by atoms with Crippen LogP contribution in [0.3, 0.4) is 0 Å². The average molecular weight is 455 g/mol. The lowest BCUT2D eigenvalue weighted by Crippen LogP contribution is -2.41. The molecule has 2 nitrogen and oxygen atoms in total. The molecule has 0 aliphatic rings. The highest BCUT2D eigenvalue weighted by Gasteiger charge is 2.43. The maximum absolute atomic E-state index is 13.6. The van der Waals surface area contributed by atoms with Crippen molar-refractivity contribution in [3.05, 3.63) is 45.5 Å². The molecule has 0 radical (unpaired) electrons. The van der Waals surface area contributed by atoms with Gasteiger partial charge in [0.05, 0.1) is 15.7 Å². The molecule has 7 heteroatoms. The Morgan fingerprint density at radius 3 is 2.17 bits per heavy atom. The fourth-order valence-corrected chi connectivity index (χ4v) is 3.81. The highest BCUT2D eigenvalue weighted by molar-refractivity contribution is 14.1. The van der Waals surface area contributed by atoms with Gasteiger partial charge in [-0.15, -0.1) is 0 Å². The number of hydrogen-bond donors (Lipinski definition) is 1. The van der Waals surface area contributed by atoms with Crippen LogP contribution in [0.15, 0.2) is 36.4 Å². The summed E-state index contributed by atoms with van der Waals surface area (Å²) in [5.74, 6) is 0. The summed E-state index contributed by atoms with van der Waals surface area (Å²) in [5, 5.41) is 1.27. The number of benzene rings is 2. The summed E-state index contributed by atoms with van der Waals surface area (Å²) in [7, 11) is -1.84. The Morgan fingerprint density at radius 1 is 1.09 bits per heavy atom. The van der Waals surface area contributed by atoms with Gasteiger partial charge in [-0.25, -0.2) is 8.93 Å². The molecule has 0 aromatic heterocycles. The van der Waals surface area contributed by atoms with Crippen LogP contribution in [0.4, 0.5) is 13.2 Å². The first-order valence-corrected chi connectivity index (χ1v) is 9.16. The SMILES string of the molecule is CC(C)(C)S(=O)N[C@@H](c1cccc2cccc(I)c12)C(F)(F)F. The van der Waals surface area contributed by atoms with E-state index >= 15 is 0 Å². The van der Waals surface area contributed by atoms with Gasteiger partial charge in [-0.2, -0.15) is 13.2 Å². The van der Waals surface area contributed by atoms with Crippen molar-refractivity contribution in [1.82, 2.24) is 4.72 Å². The van der Waals surface area contributed by atoms with Crippen molar-refractivity contribution < 1.29 is 17.4 Å². The number of hydrogen-bond acceptors (Lipinski definition) is 1. The van der Waals surface area contributed by atoms with E-state index in [0.29, 0.717) is 5.39 Å². The van der Waals surface area contributed by atoms with E-state index in [1.54, 1.807) is 51.1 Å². The Morgan fingerprint density at radius 2 is 1.65 bits per heavy atom. The van der Waals surface area contributed by atoms with E-state index in [2.05, 4.69) is 4.72 Å². The van der Waals surface area contributed by atoms with Gasteiger partial charge in [0, 0.05) is 8.96 Å². The lowest BCUT2D eigenvalue weighted by molar-refractivity contribution is -0.152. The first-order valence-electron chi connectivity index (χ1n) is 6.93. The Hall–Kier alpha value is -0.670. The number of fused-ring (bicyclic) bond motifs is 1. The van der Waals surface area contributed by atoms with Gasteiger partial charge in [-0.1, -0.05) is 30.3 Å². The van der Waals surface area contributed by atoms with Crippen molar-refractivity contribution in [1.29, 1.82) is 0 Å². The molecule has 126 valence electrons. The lowest BCUT2D eigenvalue weighted by atomic mass is 9.99. The molecule has 0 saturated carbocycles. The number of halogens is 4. The minimum absolute atomic E-state index is 0.0950. The van der Waals surface area contributed by atoms with Gasteiger partial charge in [0.1, 0.15) is 6.04 Å². The fourth-order valence-electron chi connectivity index (χ4n) is 2.15. The van der Waals surface area contributed by atoms with Crippen LogP contribution in [0.2, 0.25) is 0 Å². The molecule has 0 fully saturated rings. The first kappa shape index (κ1) is 18.7. The maximum atomic E-state index is 13.6. The quantitative estimate of drug-likeness (QED) is 0.642. The second kappa shape index (κ2) is 6.68. The summed E-state index contributed by atoms with van der Waals surface area (Å²) in [6.07, 6.45) is -4.55. The summed E-state index contributed by atoms with van der Waals surface area (Å²) in [4.78, 5) is 0. The predicted octanol–water partition coefficient (Wildman–Crippen LogP) is 5.10. The second-order valence-electron chi connectivity index (χ2n) is 6.16. The minimum Gasteiger partial charge on any atom is -0.242 e. The topological polar surface area (TPSA) is 29.1 Å². The number of rotatable bonds is 3. The van der Waals surface area contributed by atoms with Crippen molar-refractivity contribution in [2.45, 2.75) is 37.7 Å². The maximum Gasteiger partial charge on any atom is 0.408 e. The van der Waals surface area contributed by atoms with Crippen LogP contribution < -0.4 is 4.72 Å². The summed E-state index contributed by atoms with van der Waals surface area (Å²) >= 11 is 2.02. The summed E-state index contributed by atoms with van der Waals surface area (Å²) in [6, 6.07) is 8.16. The van der Waals surface area contributed by atoms with Crippen LogP contribution in [-0.4, -0.2) is 15.1 Å². The van der Waals surface area contributed by atoms with Crippen LogP contribution in [0.5, 0.6) is 0 Å². The molecule has 1 unspecified atom stereocenters. The highest BCUT2D eigenvalue weighted by atomic mass is 127. The van der Waals surface area contributed by atoms with E-state index in [1.165, 1.54) is 6.07 Å². The molecule has 0 spiro atoms. The minimum atomic E-state index is -4.55. The molecule has 0 aliphatic carbocycles. The number of nitrogens with one attached hydrogen (secondary N) is 1. The molecular formula is C16H17F3INOS. The normalized spacial score (nSPS) is 15.6. The smallest absolute Gasteiger partial charge is 0.242 e. The van der Waals surface area contributed by atoms with Crippen molar-refractivity contribution in [2.75, 3.05) is 0 Å². The molecule has 0 aliphatic heterocycles. The van der Waals surface area contributed by atoms with Crippen LogP contribution in [0, 0.1) is 3.57 Å². The van der Waals surface area contributed by atoms with Crippen molar-refractivity contribution >= 4 is 44.3 Å². The van der Waals surface area contributed by atoms with Gasteiger partial charge in [-0.3, -0.25) is 0 Å². The van der Waals surface area contributed by atoms with Gasteiger partial charge >= 0.3 is 6.18 Å². The van der Waals surface area contributed by atoms with E-state index in [-0.39, 0.29) is 5.56 Å². The van der Waals surface area contributed by atoms with E-state index < -0.39 is 28.0 Å². The van der Waals surface area contributed by atoms with Crippen LogP contribution >= 0.6 is 22.6 Å². The van der Waals surface area contributed by atoms with Crippen molar-refractivity contribution in [3.8, 4) is 0 Å². The van der Waals surface area contributed by atoms with Crippen molar-refractivity contribution in [2.24, 2.45) is 0 Å². The Balaban J connectivity index is 2.60. The molecule has 0 bridgehead atoms. The third-order valence-electron chi connectivity index (χ3n) is 3.31. The Kier molecular flexibility index (Phi) is 5.42. The molecule has 0 saturated heterocycles. The van der Waals surface area contributed by atoms with Gasteiger partial charge in [0.2, 0.25) is 0 Å². The first-order chi connectivity index (χ1) is 10.5. The Bertz CT molecular complexity index is 735.